The quantitative estimate of drug-likeness (QED) is 0.759. The first kappa shape index (κ1) is 19.1. The van der Waals surface area contributed by atoms with Gasteiger partial charge in [0.15, 0.2) is 5.60 Å². The predicted octanol–water partition coefficient (Wildman–Crippen LogP) is 1.84. The first-order valence-corrected chi connectivity index (χ1v) is 8.20. The second-order valence-electron chi connectivity index (χ2n) is 7.29. The molecular weight excluding hydrogens is 326 g/mol. The molecule has 2 heterocycles. The van der Waals surface area contributed by atoms with Crippen LogP contribution in [0.15, 0.2) is 18.3 Å². The Labute approximate surface area is 146 Å². The van der Waals surface area contributed by atoms with Crippen molar-refractivity contribution in [3.63, 3.8) is 0 Å². The highest BCUT2D eigenvalue weighted by molar-refractivity contribution is 5.83. The third-order valence-corrected chi connectivity index (χ3v) is 3.94. The molecular formula is C17H25N3O5. The topological polar surface area (TPSA) is 112 Å². The Hall–Kier alpha value is -2.19. The number of nitrogens with zero attached hydrogens (tertiary/aromatic N) is 2. The lowest BCUT2D eigenvalue weighted by Gasteiger charge is -2.35. The average molecular weight is 351 g/mol. The molecule has 0 unspecified atom stereocenters. The highest BCUT2D eigenvalue weighted by Gasteiger charge is 2.39. The number of aliphatic hydroxyl groups is 1. The minimum absolute atomic E-state index is 0.191. The summed E-state index contributed by atoms with van der Waals surface area (Å²) in [6, 6.07) is 3.58. The van der Waals surface area contributed by atoms with Gasteiger partial charge in [0.2, 0.25) is 0 Å². The molecule has 1 amide bonds. The number of pyridine rings is 1. The minimum Gasteiger partial charge on any atom is -0.479 e. The van der Waals surface area contributed by atoms with Crippen molar-refractivity contribution >= 4 is 17.9 Å². The molecule has 0 aromatic carbocycles. The number of rotatable bonds is 4. The lowest BCUT2D eigenvalue weighted by Crippen LogP contribution is -2.49. The van der Waals surface area contributed by atoms with Crippen LogP contribution < -0.4 is 5.32 Å². The van der Waals surface area contributed by atoms with Gasteiger partial charge in [-0.3, -0.25) is 10.2 Å². The summed E-state index contributed by atoms with van der Waals surface area (Å²) in [7, 11) is 0. The van der Waals surface area contributed by atoms with Crippen molar-refractivity contribution in [2.45, 2.75) is 51.4 Å². The van der Waals surface area contributed by atoms with Crippen molar-refractivity contribution in [2.75, 3.05) is 18.4 Å². The number of carbonyl (C=O) groups is 2. The maximum Gasteiger partial charge on any atom is 0.413 e. The summed E-state index contributed by atoms with van der Waals surface area (Å²) >= 11 is 0. The number of hydrogen-bond donors (Lipinski definition) is 3. The van der Waals surface area contributed by atoms with Crippen molar-refractivity contribution in [3.8, 4) is 0 Å². The Kier molecular flexibility index (Phi) is 5.64. The van der Waals surface area contributed by atoms with Gasteiger partial charge in [0.25, 0.3) is 0 Å². The smallest absolute Gasteiger partial charge is 0.413 e. The zero-order valence-electron chi connectivity index (χ0n) is 14.8. The van der Waals surface area contributed by atoms with E-state index >= 15 is 0 Å². The van der Waals surface area contributed by atoms with E-state index in [1.807, 2.05) is 6.07 Å². The Morgan fingerprint density at radius 3 is 2.56 bits per heavy atom. The number of aliphatic carboxylic acids is 1. The number of aromatic nitrogens is 1. The summed E-state index contributed by atoms with van der Waals surface area (Å²) in [4.78, 5) is 29.0. The fourth-order valence-electron chi connectivity index (χ4n) is 2.60. The SMILES string of the molecule is CC(C)(C)OC(=O)Nc1cc(CN2CCC(O)(C(=O)O)CC2)ccn1. The lowest BCUT2D eigenvalue weighted by molar-refractivity contribution is -0.163. The zero-order valence-corrected chi connectivity index (χ0v) is 14.8. The number of carbonyl (C=O) groups excluding carboxylic acids is 1. The van der Waals surface area contributed by atoms with Crippen LogP contribution in [0.1, 0.15) is 39.2 Å². The van der Waals surface area contributed by atoms with E-state index in [1.54, 1.807) is 33.0 Å². The molecule has 138 valence electrons. The molecule has 3 N–H and O–H groups in total. The van der Waals surface area contributed by atoms with Crippen molar-refractivity contribution in [3.05, 3.63) is 23.9 Å². The maximum absolute atomic E-state index is 11.8. The molecule has 0 radical (unpaired) electrons. The highest BCUT2D eigenvalue weighted by atomic mass is 16.6. The maximum atomic E-state index is 11.8. The summed E-state index contributed by atoms with van der Waals surface area (Å²) in [5.74, 6) is -0.772. The average Bonchev–Trinajstić information content (AvgIpc) is 2.48. The second-order valence-corrected chi connectivity index (χ2v) is 7.29. The van der Waals surface area contributed by atoms with Crippen LogP contribution in [-0.2, 0) is 16.1 Å². The van der Waals surface area contributed by atoms with Gasteiger partial charge < -0.3 is 14.9 Å². The number of ether oxygens (including phenoxy) is 1. The molecule has 1 aliphatic rings. The van der Waals surface area contributed by atoms with E-state index in [0.29, 0.717) is 25.5 Å². The summed E-state index contributed by atoms with van der Waals surface area (Å²) < 4.78 is 5.19. The van der Waals surface area contributed by atoms with Crippen LogP contribution in [0.25, 0.3) is 0 Å². The van der Waals surface area contributed by atoms with E-state index in [1.165, 1.54) is 0 Å². The summed E-state index contributed by atoms with van der Waals surface area (Å²) in [5.41, 5.74) is -1.28. The normalized spacial score (nSPS) is 17.8. The fourth-order valence-corrected chi connectivity index (χ4v) is 2.60. The van der Waals surface area contributed by atoms with Crippen LogP contribution in [0.5, 0.6) is 0 Å². The molecule has 8 nitrogen and oxygen atoms in total. The molecule has 8 heteroatoms. The largest absolute Gasteiger partial charge is 0.479 e. The molecule has 0 spiro atoms. The number of anilines is 1. The van der Waals surface area contributed by atoms with Gasteiger partial charge >= 0.3 is 12.1 Å². The van der Waals surface area contributed by atoms with Gasteiger partial charge in [0.05, 0.1) is 0 Å². The number of piperidine rings is 1. The van der Waals surface area contributed by atoms with Gasteiger partial charge in [-0.25, -0.2) is 14.6 Å². The van der Waals surface area contributed by atoms with Crippen LogP contribution in [0.3, 0.4) is 0 Å². The van der Waals surface area contributed by atoms with Gasteiger partial charge in [-0.1, -0.05) is 0 Å². The monoisotopic (exact) mass is 351 g/mol. The third-order valence-electron chi connectivity index (χ3n) is 3.94. The van der Waals surface area contributed by atoms with Gasteiger partial charge in [-0.2, -0.15) is 0 Å². The molecule has 25 heavy (non-hydrogen) atoms. The fraction of sp³-hybridized carbons (Fsp3) is 0.588. The van der Waals surface area contributed by atoms with Gasteiger partial charge in [0, 0.05) is 25.8 Å². The number of carboxylic acid groups (broad SMARTS) is 1. The first-order chi connectivity index (χ1) is 11.6. The van der Waals surface area contributed by atoms with Gasteiger partial charge in [0.1, 0.15) is 11.4 Å². The lowest BCUT2D eigenvalue weighted by atomic mass is 9.91. The zero-order chi connectivity index (χ0) is 18.7. The molecule has 0 saturated carbocycles. The Bertz CT molecular complexity index is 633. The molecule has 0 atom stereocenters. The number of hydrogen-bond acceptors (Lipinski definition) is 6. The molecule has 0 aliphatic carbocycles. The van der Waals surface area contributed by atoms with Crippen LogP contribution in [0, 0.1) is 0 Å². The molecule has 0 bridgehead atoms. The Morgan fingerprint density at radius 2 is 2.00 bits per heavy atom. The van der Waals surface area contributed by atoms with E-state index < -0.39 is 23.3 Å². The van der Waals surface area contributed by atoms with Crippen LogP contribution in [0.4, 0.5) is 10.6 Å². The first-order valence-electron chi connectivity index (χ1n) is 8.20. The molecule has 1 fully saturated rings. The number of nitrogens with one attached hydrogen (secondary N) is 1. The van der Waals surface area contributed by atoms with Crippen molar-refractivity contribution in [2.24, 2.45) is 0 Å². The molecule has 2 rings (SSSR count). The van der Waals surface area contributed by atoms with Crippen LogP contribution in [-0.4, -0.2) is 56.5 Å². The molecule has 1 saturated heterocycles. The summed E-state index contributed by atoms with van der Waals surface area (Å²) in [6.07, 6.45) is 1.41. The van der Waals surface area contributed by atoms with Crippen molar-refractivity contribution < 1.29 is 24.5 Å². The highest BCUT2D eigenvalue weighted by Crippen LogP contribution is 2.24. The van der Waals surface area contributed by atoms with Crippen LogP contribution in [0.2, 0.25) is 0 Å². The van der Waals surface area contributed by atoms with Gasteiger partial charge in [-0.15, -0.1) is 0 Å². The number of amides is 1. The second kappa shape index (κ2) is 7.37. The minimum atomic E-state index is -1.63. The van der Waals surface area contributed by atoms with Crippen molar-refractivity contribution in [1.29, 1.82) is 0 Å². The van der Waals surface area contributed by atoms with E-state index in [0.717, 1.165) is 5.56 Å². The van der Waals surface area contributed by atoms with Crippen molar-refractivity contribution in [1.82, 2.24) is 9.88 Å². The van der Waals surface area contributed by atoms with E-state index in [9.17, 15) is 14.7 Å². The molecule has 1 aromatic heterocycles. The summed E-state index contributed by atoms with van der Waals surface area (Å²) in [5, 5.41) is 21.6. The number of likely N-dealkylation sites (tertiary alicyclic amines) is 1. The molecule has 1 aliphatic heterocycles. The molecule has 1 aromatic rings. The summed E-state index contributed by atoms with van der Waals surface area (Å²) in [6.45, 7) is 6.91. The standard InChI is InChI=1S/C17H25N3O5/c1-16(2,3)25-15(23)19-13-10-12(4-7-18-13)11-20-8-5-17(24,6-9-20)14(21)22/h4,7,10,24H,5-6,8-9,11H2,1-3H3,(H,21,22)(H,18,19,23). The Balaban J connectivity index is 1.92. The van der Waals surface area contributed by atoms with E-state index in [2.05, 4.69) is 15.2 Å². The third kappa shape index (κ3) is 5.68. The predicted molar refractivity (Wildman–Crippen MR) is 91.2 cm³/mol. The Morgan fingerprint density at radius 1 is 1.36 bits per heavy atom. The van der Waals surface area contributed by atoms with E-state index in [-0.39, 0.29) is 12.8 Å². The number of carboxylic acids is 1. The van der Waals surface area contributed by atoms with E-state index in [4.69, 9.17) is 9.84 Å². The van der Waals surface area contributed by atoms with Crippen LogP contribution >= 0.6 is 0 Å². The van der Waals surface area contributed by atoms with Gasteiger partial charge in [-0.05, 0) is 51.3 Å².